The van der Waals surface area contributed by atoms with Crippen molar-refractivity contribution in [3.63, 3.8) is 0 Å². The summed E-state index contributed by atoms with van der Waals surface area (Å²) in [7, 11) is 2.10. The molecule has 0 aliphatic carbocycles. The van der Waals surface area contributed by atoms with Crippen molar-refractivity contribution in [2.75, 3.05) is 50.1 Å². The van der Waals surface area contributed by atoms with E-state index < -0.39 is 17.6 Å². The van der Waals surface area contributed by atoms with E-state index in [0.717, 1.165) is 55.8 Å². The van der Waals surface area contributed by atoms with Gasteiger partial charge < -0.3 is 19.9 Å². The van der Waals surface area contributed by atoms with Crippen molar-refractivity contribution >= 4 is 28.6 Å². The number of anilines is 2. The van der Waals surface area contributed by atoms with E-state index in [-0.39, 0.29) is 12.4 Å². The molecular formula is C23H25F3N6O2. The SMILES string of the molecule is Cc1nc(N2CCCN(C)CC2)nc2ncc(NC(=O)COc3ccc(C(F)(F)F)cc3)cc12. The molecule has 1 N–H and O–H groups in total. The second-order valence-electron chi connectivity index (χ2n) is 8.21. The highest BCUT2D eigenvalue weighted by Crippen LogP contribution is 2.30. The Balaban J connectivity index is 1.40. The molecule has 0 bridgehead atoms. The average Bonchev–Trinajstić information content (AvgIpc) is 3.02. The van der Waals surface area contributed by atoms with Gasteiger partial charge in [0.15, 0.2) is 12.3 Å². The van der Waals surface area contributed by atoms with E-state index in [0.29, 0.717) is 17.3 Å². The smallest absolute Gasteiger partial charge is 0.416 e. The van der Waals surface area contributed by atoms with Gasteiger partial charge >= 0.3 is 6.18 Å². The van der Waals surface area contributed by atoms with E-state index in [1.54, 1.807) is 6.07 Å². The van der Waals surface area contributed by atoms with Crippen molar-refractivity contribution in [1.29, 1.82) is 0 Å². The lowest BCUT2D eigenvalue weighted by molar-refractivity contribution is -0.137. The number of carbonyl (C=O) groups is 1. The van der Waals surface area contributed by atoms with Crippen molar-refractivity contribution in [3.8, 4) is 5.75 Å². The second-order valence-corrected chi connectivity index (χ2v) is 8.21. The minimum atomic E-state index is -4.43. The monoisotopic (exact) mass is 474 g/mol. The van der Waals surface area contributed by atoms with Gasteiger partial charge in [-0.05, 0) is 57.3 Å². The number of carbonyl (C=O) groups excluding carboxylic acids is 1. The molecule has 1 aromatic carbocycles. The number of alkyl halides is 3. The van der Waals surface area contributed by atoms with Gasteiger partial charge in [-0.3, -0.25) is 4.79 Å². The molecule has 2 aromatic heterocycles. The number of nitrogens with one attached hydrogen (secondary N) is 1. The number of hydrogen-bond acceptors (Lipinski definition) is 7. The van der Waals surface area contributed by atoms with Crippen molar-refractivity contribution in [2.24, 2.45) is 0 Å². The van der Waals surface area contributed by atoms with Crippen LogP contribution in [0.2, 0.25) is 0 Å². The first-order valence-electron chi connectivity index (χ1n) is 10.9. The van der Waals surface area contributed by atoms with Crippen LogP contribution in [-0.4, -0.2) is 65.6 Å². The maximum absolute atomic E-state index is 12.6. The summed E-state index contributed by atoms with van der Waals surface area (Å²) in [6, 6.07) is 5.90. The predicted molar refractivity (Wildman–Crippen MR) is 122 cm³/mol. The highest BCUT2D eigenvalue weighted by Gasteiger charge is 2.30. The summed E-state index contributed by atoms with van der Waals surface area (Å²) in [5.41, 5.74) is 0.959. The van der Waals surface area contributed by atoms with Gasteiger partial charge in [0.25, 0.3) is 5.91 Å². The second kappa shape index (κ2) is 9.80. The first-order valence-corrected chi connectivity index (χ1v) is 10.9. The molecule has 1 aliphatic heterocycles. The Hall–Kier alpha value is -3.47. The van der Waals surface area contributed by atoms with Crippen molar-refractivity contribution in [2.45, 2.75) is 19.5 Å². The number of amides is 1. The highest BCUT2D eigenvalue weighted by atomic mass is 19.4. The minimum absolute atomic E-state index is 0.163. The number of benzene rings is 1. The van der Waals surface area contributed by atoms with Gasteiger partial charge in [0.05, 0.1) is 23.1 Å². The number of hydrogen-bond donors (Lipinski definition) is 1. The quantitative estimate of drug-likeness (QED) is 0.606. The number of likely N-dealkylation sites (N-methyl/N-ethyl adjacent to an activating group) is 1. The number of pyridine rings is 1. The molecule has 1 fully saturated rings. The fourth-order valence-electron chi connectivity index (χ4n) is 3.69. The molecule has 0 spiro atoms. The lowest BCUT2D eigenvalue weighted by Gasteiger charge is -2.21. The maximum Gasteiger partial charge on any atom is 0.416 e. The lowest BCUT2D eigenvalue weighted by atomic mass is 10.2. The Bertz CT molecular complexity index is 1170. The van der Waals surface area contributed by atoms with Gasteiger partial charge in [-0.1, -0.05) is 0 Å². The van der Waals surface area contributed by atoms with Crippen LogP contribution < -0.4 is 15.0 Å². The zero-order valence-electron chi connectivity index (χ0n) is 18.9. The normalized spacial score (nSPS) is 15.3. The molecular weight excluding hydrogens is 449 g/mol. The van der Waals surface area contributed by atoms with Gasteiger partial charge in [-0.2, -0.15) is 18.2 Å². The molecule has 1 aliphatic rings. The Morgan fingerprint density at radius 1 is 1.12 bits per heavy atom. The summed E-state index contributed by atoms with van der Waals surface area (Å²) in [6.45, 7) is 5.21. The zero-order chi connectivity index (χ0) is 24.3. The molecule has 0 unspecified atom stereocenters. The summed E-state index contributed by atoms with van der Waals surface area (Å²) in [4.78, 5) is 30.4. The molecule has 1 amide bonds. The van der Waals surface area contributed by atoms with Gasteiger partial charge in [0.1, 0.15) is 5.75 Å². The summed E-state index contributed by atoms with van der Waals surface area (Å²) >= 11 is 0. The number of ether oxygens (including phenoxy) is 1. The van der Waals surface area contributed by atoms with E-state index in [4.69, 9.17) is 4.74 Å². The Labute approximate surface area is 194 Å². The van der Waals surface area contributed by atoms with Crippen molar-refractivity contribution in [1.82, 2.24) is 19.9 Å². The number of fused-ring (bicyclic) bond motifs is 1. The minimum Gasteiger partial charge on any atom is -0.484 e. The zero-order valence-corrected chi connectivity index (χ0v) is 18.9. The van der Waals surface area contributed by atoms with E-state index >= 15 is 0 Å². The molecule has 11 heteroatoms. The van der Waals surface area contributed by atoms with Crippen LogP contribution >= 0.6 is 0 Å². The summed E-state index contributed by atoms with van der Waals surface area (Å²) < 4.78 is 43.2. The third-order valence-electron chi connectivity index (χ3n) is 5.57. The Kier molecular flexibility index (Phi) is 6.82. The molecule has 34 heavy (non-hydrogen) atoms. The molecule has 1 saturated heterocycles. The van der Waals surface area contributed by atoms with Crippen LogP contribution in [0.5, 0.6) is 5.75 Å². The van der Waals surface area contributed by atoms with Gasteiger partial charge in [-0.15, -0.1) is 0 Å². The van der Waals surface area contributed by atoms with Crippen LogP contribution in [0.1, 0.15) is 17.7 Å². The fourth-order valence-corrected chi connectivity index (χ4v) is 3.69. The predicted octanol–water partition coefficient (Wildman–Crippen LogP) is 3.51. The Morgan fingerprint density at radius 3 is 2.62 bits per heavy atom. The average molecular weight is 474 g/mol. The molecule has 180 valence electrons. The number of nitrogens with zero attached hydrogens (tertiary/aromatic N) is 5. The summed E-state index contributed by atoms with van der Waals surface area (Å²) in [5, 5.41) is 3.40. The van der Waals surface area contributed by atoms with Crippen LogP contribution in [0, 0.1) is 6.92 Å². The van der Waals surface area contributed by atoms with Crippen LogP contribution in [0.3, 0.4) is 0 Å². The van der Waals surface area contributed by atoms with E-state index in [9.17, 15) is 18.0 Å². The largest absolute Gasteiger partial charge is 0.484 e. The molecule has 0 radical (unpaired) electrons. The van der Waals surface area contributed by atoms with Crippen LogP contribution in [0.15, 0.2) is 36.5 Å². The van der Waals surface area contributed by atoms with E-state index in [1.165, 1.54) is 18.3 Å². The van der Waals surface area contributed by atoms with E-state index in [1.807, 2.05) is 6.92 Å². The molecule has 4 rings (SSSR count). The first kappa shape index (κ1) is 23.7. The number of halogens is 3. The van der Waals surface area contributed by atoms with Crippen LogP contribution in [0.4, 0.5) is 24.8 Å². The Morgan fingerprint density at radius 2 is 1.88 bits per heavy atom. The molecule has 0 saturated carbocycles. The third-order valence-corrected chi connectivity index (χ3v) is 5.57. The number of rotatable bonds is 5. The van der Waals surface area contributed by atoms with Crippen LogP contribution in [-0.2, 0) is 11.0 Å². The number of aryl methyl sites for hydroxylation is 1. The van der Waals surface area contributed by atoms with Crippen LogP contribution in [0.25, 0.3) is 11.0 Å². The summed E-state index contributed by atoms with van der Waals surface area (Å²) in [5.74, 6) is 0.343. The van der Waals surface area contributed by atoms with Gasteiger partial charge in [0.2, 0.25) is 5.95 Å². The van der Waals surface area contributed by atoms with Crippen molar-refractivity contribution < 1.29 is 22.7 Å². The standard InChI is InChI=1S/C23H25F3N6O2/c1-15-19-12-17(29-20(33)14-34-18-6-4-16(5-7-18)23(24,25)26)13-27-21(19)30-22(28-15)32-9-3-8-31(2)10-11-32/h4-7,12-13H,3,8-11,14H2,1-2H3,(H,29,33). The number of aromatic nitrogens is 3. The first-order chi connectivity index (χ1) is 16.2. The van der Waals surface area contributed by atoms with E-state index in [2.05, 4.69) is 37.1 Å². The molecule has 0 atom stereocenters. The maximum atomic E-state index is 12.6. The topological polar surface area (TPSA) is 83.5 Å². The third kappa shape index (κ3) is 5.71. The fraction of sp³-hybridized carbons (Fsp3) is 0.391. The molecule has 3 heterocycles. The van der Waals surface area contributed by atoms with Gasteiger partial charge in [0, 0.05) is 25.0 Å². The molecule has 8 nitrogen and oxygen atoms in total. The van der Waals surface area contributed by atoms with Crippen molar-refractivity contribution in [3.05, 3.63) is 47.8 Å². The molecule has 3 aromatic rings. The lowest BCUT2D eigenvalue weighted by Crippen LogP contribution is -2.30. The van der Waals surface area contributed by atoms with Gasteiger partial charge in [-0.25, -0.2) is 9.97 Å². The summed E-state index contributed by atoms with van der Waals surface area (Å²) in [6.07, 6.45) is -1.89. The highest BCUT2D eigenvalue weighted by molar-refractivity contribution is 5.94.